The van der Waals surface area contributed by atoms with E-state index in [2.05, 4.69) is 208 Å². The first-order chi connectivity index (χ1) is 28.3. The zero-order chi connectivity index (χ0) is 37.5. The molecule has 0 radical (unpaired) electrons. The van der Waals surface area contributed by atoms with E-state index in [1.165, 1.54) is 71.6 Å². The molecular formula is C53H34N4. The highest BCUT2D eigenvalue weighted by Gasteiger charge is 2.17. The molecule has 0 aliphatic rings. The van der Waals surface area contributed by atoms with Crippen molar-refractivity contribution >= 4 is 65.5 Å². The lowest BCUT2D eigenvalue weighted by molar-refractivity contribution is 1.17. The summed E-state index contributed by atoms with van der Waals surface area (Å²) in [6.45, 7) is 0. The van der Waals surface area contributed by atoms with Gasteiger partial charge in [-0.25, -0.2) is 0 Å². The van der Waals surface area contributed by atoms with Gasteiger partial charge >= 0.3 is 0 Å². The van der Waals surface area contributed by atoms with Crippen LogP contribution in [0.25, 0.3) is 105 Å². The Bertz CT molecular complexity index is 3500. The van der Waals surface area contributed by atoms with Gasteiger partial charge in [0.2, 0.25) is 0 Å². The third-order valence-electron chi connectivity index (χ3n) is 11.7. The highest BCUT2D eigenvalue weighted by Crippen LogP contribution is 2.39. The molecule has 0 fully saturated rings. The van der Waals surface area contributed by atoms with E-state index in [0.717, 1.165) is 33.3 Å². The summed E-state index contributed by atoms with van der Waals surface area (Å²) in [4.78, 5) is 4.83. The lowest BCUT2D eigenvalue weighted by atomic mass is 10.0. The molecule has 0 atom stereocenters. The third-order valence-corrected chi connectivity index (χ3v) is 11.7. The highest BCUT2D eigenvalue weighted by molar-refractivity contribution is 6.13. The summed E-state index contributed by atoms with van der Waals surface area (Å²) in [5, 5.41) is 6.15. The zero-order valence-corrected chi connectivity index (χ0v) is 30.9. The average Bonchev–Trinajstić information content (AvgIpc) is 3.92. The van der Waals surface area contributed by atoms with Crippen molar-refractivity contribution in [3.05, 3.63) is 206 Å². The molecule has 0 unspecified atom stereocenters. The lowest BCUT2D eigenvalue weighted by Gasteiger charge is -2.11. The minimum Gasteiger partial charge on any atom is -0.309 e. The van der Waals surface area contributed by atoms with E-state index in [9.17, 15) is 0 Å². The van der Waals surface area contributed by atoms with Gasteiger partial charge in [-0.2, -0.15) is 0 Å². The van der Waals surface area contributed by atoms with Gasteiger partial charge in [0.1, 0.15) is 0 Å². The van der Waals surface area contributed by atoms with E-state index in [-0.39, 0.29) is 0 Å². The molecule has 12 rings (SSSR count). The van der Waals surface area contributed by atoms with Crippen molar-refractivity contribution in [2.24, 2.45) is 0 Å². The quantitative estimate of drug-likeness (QED) is 0.174. The van der Waals surface area contributed by atoms with Crippen molar-refractivity contribution < 1.29 is 0 Å². The van der Waals surface area contributed by atoms with Crippen molar-refractivity contribution in [3.63, 3.8) is 0 Å². The number of pyridine rings is 1. The standard InChI is InChI=1S/C53H34N4/c1-3-12-39(13-4-1)55-47-18-9-7-16-42(47)44-32-37(24-28-49(44)55)38-25-29-50-45(33-38)43-17-8-10-19-48(43)56(50)41-26-21-35(22-27-41)36-23-30-51-46(34-36)53-52(20-11-31-54-53)57(51)40-14-5-2-6-15-40/h1-34H. The van der Waals surface area contributed by atoms with Gasteiger partial charge in [-0.3, -0.25) is 4.98 Å². The van der Waals surface area contributed by atoms with Gasteiger partial charge in [-0.05, 0) is 119 Å². The van der Waals surface area contributed by atoms with Crippen LogP contribution in [0.5, 0.6) is 0 Å². The summed E-state index contributed by atoms with van der Waals surface area (Å²) in [5.74, 6) is 0. The summed E-state index contributed by atoms with van der Waals surface area (Å²) in [5.41, 5.74) is 16.3. The van der Waals surface area contributed by atoms with E-state index in [1.807, 2.05) is 12.3 Å². The van der Waals surface area contributed by atoms with Crippen molar-refractivity contribution in [1.29, 1.82) is 0 Å². The van der Waals surface area contributed by atoms with Gasteiger partial charge in [0, 0.05) is 50.2 Å². The molecule has 4 heteroatoms. The normalized spacial score (nSPS) is 11.9. The second-order valence-corrected chi connectivity index (χ2v) is 14.8. The molecule has 0 saturated heterocycles. The Balaban J connectivity index is 0.949. The number of nitrogens with zero attached hydrogens (tertiary/aromatic N) is 4. The smallest absolute Gasteiger partial charge is 0.0963 e. The largest absolute Gasteiger partial charge is 0.309 e. The van der Waals surface area contributed by atoms with E-state index >= 15 is 0 Å². The van der Waals surface area contributed by atoms with Crippen molar-refractivity contribution in [1.82, 2.24) is 18.7 Å². The van der Waals surface area contributed by atoms with Crippen LogP contribution in [0, 0.1) is 0 Å². The first-order valence-electron chi connectivity index (χ1n) is 19.5. The maximum Gasteiger partial charge on any atom is 0.0963 e. The second kappa shape index (κ2) is 12.4. The molecule has 0 amide bonds. The first-order valence-corrected chi connectivity index (χ1v) is 19.5. The Morgan fingerprint density at radius 3 is 1.21 bits per heavy atom. The third kappa shape index (κ3) is 4.84. The van der Waals surface area contributed by atoms with Gasteiger partial charge in [0.15, 0.2) is 0 Å². The fourth-order valence-corrected chi connectivity index (χ4v) is 9.11. The van der Waals surface area contributed by atoms with E-state index in [1.54, 1.807) is 0 Å². The topological polar surface area (TPSA) is 27.7 Å². The summed E-state index contributed by atoms with van der Waals surface area (Å²) in [6.07, 6.45) is 1.89. The highest BCUT2D eigenvalue weighted by atomic mass is 15.0. The Hall–Kier alpha value is -7.69. The zero-order valence-electron chi connectivity index (χ0n) is 30.9. The number of hydrogen-bond donors (Lipinski definition) is 0. The van der Waals surface area contributed by atoms with Crippen LogP contribution in [-0.2, 0) is 0 Å². The summed E-state index contributed by atoms with van der Waals surface area (Å²) in [6, 6.07) is 72.4. The molecule has 4 nitrogen and oxygen atoms in total. The molecule has 4 aromatic heterocycles. The molecule has 4 heterocycles. The molecule has 8 aromatic carbocycles. The fourth-order valence-electron chi connectivity index (χ4n) is 9.11. The average molecular weight is 727 g/mol. The molecule has 266 valence electrons. The van der Waals surface area contributed by atoms with Crippen molar-refractivity contribution in [3.8, 4) is 39.3 Å². The van der Waals surface area contributed by atoms with Gasteiger partial charge < -0.3 is 13.7 Å². The van der Waals surface area contributed by atoms with Crippen LogP contribution < -0.4 is 0 Å². The van der Waals surface area contributed by atoms with Crippen LogP contribution in [0.1, 0.15) is 0 Å². The van der Waals surface area contributed by atoms with Crippen molar-refractivity contribution in [2.45, 2.75) is 0 Å². The summed E-state index contributed by atoms with van der Waals surface area (Å²) in [7, 11) is 0. The van der Waals surface area contributed by atoms with Crippen LogP contribution in [0.15, 0.2) is 206 Å². The predicted molar refractivity (Wildman–Crippen MR) is 238 cm³/mol. The number of aromatic nitrogens is 4. The Kier molecular flexibility index (Phi) is 6.89. The van der Waals surface area contributed by atoms with Crippen LogP contribution in [0.3, 0.4) is 0 Å². The molecule has 57 heavy (non-hydrogen) atoms. The summed E-state index contributed by atoms with van der Waals surface area (Å²) < 4.78 is 7.08. The Morgan fingerprint density at radius 1 is 0.263 bits per heavy atom. The van der Waals surface area contributed by atoms with E-state index in [0.29, 0.717) is 0 Å². The molecule has 0 aliphatic heterocycles. The number of benzene rings is 8. The van der Waals surface area contributed by atoms with Gasteiger partial charge in [-0.15, -0.1) is 0 Å². The minimum absolute atomic E-state index is 1.01. The van der Waals surface area contributed by atoms with Crippen LogP contribution in [-0.4, -0.2) is 18.7 Å². The number of para-hydroxylation sites is 4. The molecule has 0 bridgehead atoms. The Morgan fingerprint density at radius 2 is 0.649 bits per heavy atom. The first kappa shape index (κ1) is 31.6. The maximum atomic E-state index is 4.83. The molecule has 0 aliphatic carbocycles. The van der Waals surface area contributed by atoms with Gasteiger partial charge in [-0.1, -0.05) is 103 Å². The van der Waals surface area contributed by atoms with Crippen LogP contribution in [0.4, 0.5) is 0 Å². The Labute approximate surface area is 328 Å². The number of fused-ring (bicyclic) bond motifs is 9. The minimum atomic E-state index is 1.01. The summed E-state index contributed by atoms with van der Waals surface area (Å²) >= 11 is 0. The monoisotopic (exact) mass is 726 g/mol. The molecule has 0 N–H and O–H groups in total. The molecule has 0 spiro atoms. The SMILES string of the molecule is c1ccc(-n2c3ccccc3c3cc(-c4ccc5c(c4)c4ccccc4n5-c4ccc(-c5ccc6c(c5)c5ncccc5n6-c5ccccc5)cc4)ccc32)cc1. The van der Waals surface area contributed by atoms with Crippen LogP contribution >= 0.6 is 0 Å². The molecule has 0 saturated carbocycles. The van der Waals surface area contributed by atoms with E-state index in [4.69, 9.17) is 4.98 Å². The molecule has 12 aromatic rings. The van der Waals surface area contributed by atoms with Crippen molar-refractivity contribution in [2.75, 3.05) is 0 Å². The maximum absolute atomic E-state index is 4.83. The number of rotatable bonds is 5. The number of hydrogen-bond acceptors (Lipinski definition) is 1. The second-order valence-electron chi connectivity index (χ2n) is 14.8. The fraction of sp³-hybridized carbons (Fsp3) is 0. The lowest BCUT2D eigenvalue weighted by Crippen LogP contribution is -1.94. The van der Waals surface area contributed by atoms with Crippen LogP contribution in [0.2, 0.25) is 0 Å². The molecular weight excluding hydrogens is 693 g/mol. The predicted octanol–water partition coefficient (Wildman–Crippen LogP) is 13.7. The van der Waals surface area contributed by atoms with Gasteiger partial charge in [0.05, 0.1) is 38.6 Å². The van der Waals surface area contributed by atoms with E-state index < -0.39 is 0 Å². The van der Waals surface area contributed by atoms with Gasteiger partial charge in [0.25, 0.3) is 0 Å².